The molecule has 1 rings (SSSR count). The molecule has 1 saturated carbocycles. The van der Waals surface area contributed by atoms with Gasteiger partial charge in [0.15, 0.2) is 0 Å². The lowest BCUT2D eigenvalue weighted by molar-refractivity contribution is 0.0392. The number of aliphatic hydroxyl groups is 3. The first kappa shape index (κ1) is 10.9. The van der Waals surface area contributed by atoms with Crippen LogP contribution in [0.25, 0.3) is 0 Å². The summed E-state index contributed by atoms with van der Waals surface area (Å²) in [7, 11) is 0. The maximum atomic E-state index is 9.87. The maximum absolute atomic E-state index is 9.87. The van der Waals surface area contributed by atoms with Gasteiger partial charge in [-0.1, -0.05) is 12.8 Å². The lowest BCUT2D eigenvalue weighted by Gasteiger charge is -2.23. The Hall–Kier alpha value is -0.160. The smallest absolute Gasteiger partial charge is 0.0894 e. The van der Waals surface area contributed by atoms with Crippen molar-refractivity contribution in [3.8, 4) is 0 Å². The SMILES string of the molecule is OCC(O)CNCC1(O)CCCC1. The minimum absolute atomic E-state index is 0.231. The number of hydrogen-bond donors (Lipinski definition) is 4. The minimum Gasteiger partial charge on any atom is -0.394 e. The minimum atomic E-state index is -0.718. The van der Waals surface area contributed by atoms with Crippen molar-refractivity contribution in [2.75, 3.05) is 19.7 Å². The van der Waals surface area contributed by atoms with Gasteiger partial charge in [-0.3, -0.25) is 0 Å². The molecule has 1 fully saturated rings. The summed E-state index contributed by atoms with van der Waals surface area (Å²) in [6.07, 6.45) is 3.14. The van der Waals surface area contributed by atoms with Crippen LogP contribution in [0.3, 0.4) is 0 Å². The van der Waals surface area contributed by atoms with Crippen LogP contribution in [0.1, 0.15) is 25.7 Å². The van der Waals surface area contributed by atoms with Gasteiger partial charge in [0.2, 0.25) is 0 Å². The molecular weight excluding hydrogens is 170 g/mol. The van der Waals surface area contributed by atoms with Crippen molar-refractivity contribution in [3.05, 3.63) is 0 Å². The molecule has 78 valence electrons. The third-order valence-electron chi connectivity index (χ3n) is 2.58. The van der Waals surface area contributed by atoms with Gasteiger partial charge in [-0.25, -0.2) is 0 Å². The molecule has 0 amide bonds. The van der Waals surface area contributed by atoms with E-state index in [0.717, 1.165) is 25.7 Å². The van der Waals surface area contributed by atoms with Gasteiger partial charge in [0.25, 0.3) is 0 Å². The molecule has 0 aromatic heterocycles. The Bertz CT molecular complexity index is 146. The van der Waals surface area contributed by atoms with Crippen LogP contribution < -0.4 is 5.32 Å². The molecule has 4 heteroatoms. The fourth-order valence-electron chi connectivity index (χ4n) is 1.75. The molecule has 4 N–H and O–H groups in total. The largest absolute Gasteiger partial charge is 0.394 e. The Balaban J connectivity index is 2.11. The highest BCUT2D eigenvalue weighted by Crippen LogP contribution is 2.28. The van der Waals surface area contributed by atoms with Gasteiger partial charge in [0.05, 0.1) is 18.3 Å². The first-order valence-electron chi connectivity index (χ1n) is 4.88. The lowest BCUT2D eigenvalue weighted by atomic mass is 10.0. The Morgan fingerprint density at radius 2 is 1.92 bits per heavy atom. The van der Waals surface area contributed by atoms with Crippen LogP contribution >= 0.6 is 0 Å². The zero-order valence-electron chi connectivity index (χ0n) is 7.87. The summed E-state index contributed by atoms with van der Waals surface area (Å²) in [5, 5.41) is 30.4. The summed E-state index contributed by atoms with van der Waals surface area (Å²) in [6.45, 7) is 0.633. The van der Waals surface area contributed by atoms with Crippen LogP contribution in [0.5, 0.6) is 0 Å². The summed E-state index contributed by atoms with van der Waals surface area (Å²) < 4.78 is 0. The summed E-state index contributed by atoms with van der Waals surface area (Å²) in [4.78, 5) is 0. The molecule has 0 aromatic rings. The molecule has 4 nitrogen and oxygen atoms in total. The quantitative estimate of drug-likeness (QED) is 0.458. The molecule has 1 unspecified atom stereocenters. The molecule has 13 heavy (non-hydrogen) atoms. The normalized spacial score (nSPS) is 23.3. The first-order valence-corrected chi connectivity index (χ1v) is 4.88. The Labute approximate surface area is 78.6 Å². The number of aliphatic hydroxyl groups excluding tert-OH is 2. The monoisotopic (exact) mass is 189 g/mol. The van der Waals surface area contributed by atoms with Gasteiger partial charge >= 0.3 is 0 Å². The van der Waals surface area contributed by atoms with E-state index in [2.05, 4.69) is 5.32 Å². The molecule has 1 aliphatic rings. The van der Waals surface area contributed by atoms with Gasteiger partial charge in [-0.15, -0.1) is 0 Å². The van der Waals surface area contributed by atoms with Crippen LogP contribution in [-0.2, 0) is 0 Å². The van der Waals surface area contributed by atoms with Gasteiger partial charge in [-0.05, 0) is 12.8 Å². The van der Waals surface area contributed by atoms with Gasteiger partial charge in [-0.2, -0.15) is 0 Å². The van der Waals surface area contributed by atoms with E-state index < -0.39 is 11.7 Å². The van der Waals surface area contributed by atoms with E-state index in [0.29, 0.717) is 13.1 Å². The van der Waals surface area contributed by atoms with Gasteiger partial charge in [0.1, 0.15) is 0 Å². The zero-order valence-corrected chi connectivity index (χ0v) is 7.87. The summed E-state index contributed by atoms with van der Waals surface area (Å²) in [6, 6.07) is 0. The number of nitrogens with one attached hydrogen (secondary N) is 1. The third-order valence-corrected chi connectivity index (χ3v) is 2.58. The summed E-state index contributed by atoms with van der Waals surface area (Å²) in [5.74, 6) is 0. The molecule has 1 aliphatic carbocycles. The molecule has 1 atom stereocenters. The fourth-order valence-corrected chi connectivity index (χ4v) is 1.75. The van der Waals surface area contributed by atoms with Crippen molar-refractivity contribution in [1.82, 2.24) is 5.32 Å². The highest BCUT2D eigenvalue weighted by atomic mass is 16.3. The number of hydrogen-bond acceptors (Lipinski definition) is 4. The van der Waals surface area contributed by atoms with Crippen LogP contribution in [0.4, 0.5) is 0 Å². The molecule has 0 saturated heterocycles. The molecular formula is C9H19NO3. The Kier molecular flexibility index (Phi) is 4.12. The highest BCUT2D eigenvalue weighted by molar-refractivity contribution is 4.86. The first-order chi connectivity index (χ1) is 6.16. The van der Waals surface area contributed by atoms with Crippen molar-refractivity contribution < 1.29 is 15.3 Å². The second-order valence-corrected chi connectivity index (χ2v) is 3.90. The average molecular weight is 189 g/mol. The summed E-state index contributed by atoms with van der Waals surface area (Å²) >= 11 is 0. The molecule has 0 bridgehead atoms. The van der Waals surface area contributed by atoms with Crippen molar-refractivity contribution >= 4 is 0 Å². The third kappa shape index (κ3) is 3.60. The van der Waals surface area contributed by atoms with Crippen molar-refractivity contribution in [2.45, 2.75) is 37.4 Å². The van der Waals surface area contributed by atoms with Crippen LogP contribution in [0, 0.1) is 0 Å². The topological polar surface area (TPSA) is 72.7 Å². The van der Waals surface area contributed by atoms with E-state index in [1.54, 1.807) is 0 Å². The van der Waals surface area contributed by atoms with Crippen LogP contribution in [-0.4, -0.2) is 46.7 Å². The molecule has 0 aromatic carbocycles. The number of rotatable bonds is 5. The second kappa shape index (κ2) is 4.91. The highest BCUT2D eigenvalue weighted by Gasteiger charge is 2.30. The molecule has 0 heterocycles. The van der Waals surface area contributed by atoms with E-state index in [-0.39, 0.29) is 6.61 Å². The molecule has 0 aliphatic heterocycles. The van der Waals surface area contributed by atoms with Crippen LogP contribution in [0.15, 0.2) is 0 Å². The zero-order chi connectivity index (χ0) is 9.73. The summed E-state index contributed by atoms with van der Waals surface area (Å²) in [5.41, 5.74) is -0.574. The van der Waals surface area contributed by atoms with Crippen molar-refractivity contribution in [1.29, 1.82) is 0 Å². The molecule has 0 spiro atoms. The van der Waals surface area contributed by atoms with E-state index in [9.17, 15) is 5.11 Å². The Morgan fingerprint density at radius 1 is 1.31 bits per heavy atom. The van der Waals surface area contributed by atoms with E-state index >= 15 is 0 Å². The Morgan fingerprint density at radius 3 is 2.46 bits per heavy atom. The van der Waals surface area contributed by atoms with Gasteiger partial charge < -0.3 is 20.6 Å². The maximum Gasteiger partial charge on any atom is 0.0894 e. The second-order valence-electron chi connectivity index (χ2n) is 3.90. The predicted molar refractivity (Wildman–Crippen MR) is 49.4 cm³/mol. The van der Waals surface area contributed by atoms with Crippen LogP contribution in [0.2, 0.25) is 0 Å². The standard InChI is InChI=1S/C9H19NO3/c11-6-8(12)5-10-7-9(13)3-1-2-4-9/h8,10-13H,1-7H2. The van der Waals surface area contributed by atoms with E-state index in [1.807, 2.05) is 0 Å². The average Bonchev–Trinajstić information content (AvgIpc) is 2.52. The lowest BCUT2D eigenvalue weighted by Crippen LogP contribution is -2.41. The van der Waals surface area contributed by atoms with Crippen molar-refractivity contribution in [2.24, 2.45) is 0 Å². The fraction of sp³-hybridized carbons (Fsp3) is 1.00. The van der Waals surface area contributed by atoms with Gasteiger partial charge in [0, 0.05) is 13.1 Å². The molecule has 0 radical (unpaired) electrons. The van der Waals surface area contributed by atoms with E-state index in [4.69, 9.17) is 10.2 Å². The van der Waals surface area contributed by atoms with E-state index in [1.165, 1.54) is 0 Å². The predicted octanol–water partition coefficient (Wildman–Crippen LogP) is -0.766. The van der Waals surface area contributed by atoms with Crippen molar-refractivity contribution in [3.63, 3.8) is 0 Å².